The molecule has 0 aliphatic heterocycles. The van der Waals surface area contributed by atoms with Gasteiger partial charge >= 0.3 is 0 Å². The number of hydrogen-bond donors (Lipinski definition) is 1. The zero-order valence-electron chi connectivity index (χ0n) is 6.58. The minimum absolute atomic E-state index is 0.0264. The van der Waals surface area contributed by atoms with Crippen LogP contribution in [0.5, 0.6) is 0 Å². The van der Waals surface area contributed by atoms with Crippen LogP contribution in [0.3, 0.4) is 0 Å². The summed E-state index contributed by atoms with van der Waals surface area (Å²) in [7, 11) is 0. The highest BCUT2D eigenvalue weighted by Crippen LogP contribution is 2.24. The Kier molecular flexibility index (Phi) is 2.12. The molecule has 0 aromatic carbocycles. The molecule has 1 rings (SSSR count). The van der Waals surface area contributed by atoms with Crippen LogP contribution < -0.4 is 5.73 Å². The van der Waals surface area contributed by atoms with Gasteiger partial charge in [0.1, 0.15) is 0 Å². The molecule has 2 N–H and O–H groups in total. The fraction of sp³-hybridized carbons (Fsp3) is 0.429. The molecular weight excluding hydrogens is 163 g/mol. The van der Waals surface area contributed by atoms with E-state index < -0.39 is 16.8 Å². The van der Waals surface area contributed by atoms with E-state index >= 15 is 0 Å². The van der Waals surface area contributed by atoms with Crippen LogP contribution in [-0.4, -0.2) is 11.1 Å². The third kappa shape index (κ3) is 1.44. The highest BCUT2D eigenvalue weighted by Gasteiger charge is 2.28. The van der Waals surface area contributed by atoms with E-state index in [1.807, 2.05) is 0 Å². The van der Waals surface area contributed by atoms with E-state index in [2.05, 4.69) is 0 Å². The topological polar surface area (TPSA) is 69.2 Å². The van der Waals surface area contributed by atoms with Gasteiger partial charge < -0.3 is 5.73 Å². The number of nitrogens with zero attached hydrogens (tertiary/aromatic N) is 1. The summed E-state index contributed by atoms with van der Waals surface area (Å²) in [6, 6.07) is 0. The number of rotatable bonds is 1. The number of allylic oxidation sites excluding steroid dienone is 3. The largest absolute Gasteiger partial charge is 0.399 e. The van der Waals surface area contributed by atoms with Gasteiger partial charge in [-0.3, -0.25) is 10.1 Å². The molecule has 0 saturated heterocycles. The Bertz CT molecular complexity index is 283. The molecule has 0 aromatic heterocycles. The Hall–Kier alpha value is -1.39. The smallest absolute Gasteiger partial charge is 0.282 e. The SMILES string of the molecule is CC1=C(N)C=C([N+](=O)[O-])C(F)C1. The normalized spacial score (nSPS) is 23.8. The highest BCUT2D eigenvalue weighted by molar-refractivity contribution is 5.30. The van der Waals surface area contributed by atoms with Crippen molar-refractivity contribution in [3.63, 3.8) is 0 Å². The predicted octanol–water partition coefficient (Wildman–Crippen LogP) is 1.12. The van der Waals surface area contributed by atoms with E-state index in [0.29, 0.717) is 11.3 Å². The van der Waals surface area contributed by atoms with E-state index in [-0.39, 0.29) is 6.42 Å². The van der Waals surface area contributed by atoms with Gasteiger partial charge in [-0.2, -0.15) is 0 Å². The zero-order chi connectivity index (χ0) is 9.30. The summed E-state index contributed by atoms with van der Waals surface area (Å²) in [5.41, 5.74) is 5.92. The van der Waals surface area contributed by atoms with Crippen LogP contribution in [0.4, 0.5) is 4.39 Å². The molecule has 1 unspecified atom stereocenters. The summed E-state index contributed by atoms with van der Waals surface area (Å²) >= 11 is 0. The monoisotopic (exact) mass is 172 g/mol. The van der Waals surface area contributed by atoms with Crippen LogP contribution in [0.2, 0.25) is 0 Å². The van der Waals surface area contributed by atoms with Crippen molar-refractivity contribution in [2.45, 2.75) is 19.5 Å². The Morgan fingerprint density at radius 2 is 2.42 bits per heavy atom. The Morgan fingerprint density at radius 3 is 2.92 bits per heavy atom. The van der Waals surface area contributed by atoms with Crippen molar-refractivity contribution in [1.82, 2.24) is 0 Å². The lowest BCUT2D eigenvalue weighted by molar-refractivity contribution is -0.433. The fourth-order valence-corrected chi connectivity index (χ4v) is 1.03. The highest BCUT2D eigenvalue weighted by atomic mass is 19.1. The number of hydrogen-bond acceptors (Lipinski definition) is 3. The van der Waals surface area contributed by atoms with Gasteiger partial charge in [-0.1, -0.05) is 0 Å². The second kappa shape index (κ2) is 2.92. The van der Waals surface area contributed by atoms with Crippen molar-refractivity contribution in [2.75, 3.05) is 0 Å². The minimum Gasteiger partial charge on any atom is -0.399 e. The zero-order valence-corrected chi connectivity index (χ0v) is 6.58. The molecule has 0 bridgehead atoms. The average Bonchev–Trinajstić information content (AvgIpc) is 1.96. The van der Waals surface area contributed by atoms with Crippen LogP contribution in [0.15, 0.2) is 23.0 Å². The van der Waals surface area contributed by atoms with E-state index in [9.17, 15) is 14.5 Å². The summed E-state index contributed by atoms with van der Waals surface area (Å²) in [4.78, 5) is 9.50. The lowest BCUT2D eigenvalue weighted by atomic mass is 10.0. The molecule has 0 spiro atoms. The first-order valence-corrected chi connectivity index (χ1v) is 3.47. The lowest BCUT2D eigenvalue weighted by Crippen LogP contribution is -2.19. The molecule has 1 aliphatic carbocycles. The van der Waals surface area contributed by atoms with Gasteiger partial charge in [0.05, 0.1) is 4.92 Å². The van der Waals surface area contributed by atoms with Crippen LogP contribution in [0.25, 0.3) is 0 Å². The first-order valence-electron chi connectivity index (χ1n) is 3.47. The summed E-state index contributed by atoms with van der Waals surface area (Å²) in [6.45, 7) is 1.66. The van der Waals surface area contributed by atoms with Crippen molar-refractivity contribution >= 4 is 0 Å². The van der Waals surface area contributed by atoms with Crippen LogP contribution in [0, 0.1) is 10.1 Å². The molecule has 0 fully saturated rings. The quantitative estimate of drug-likeness (QED) is 0.476. The van der Waals surface area contributed by atoms with Crippen molar-refractivity contribution < 1.29 is 9.31 Å². The molecule has 66 valence electrons. The Morgan fingerprint density at radius 1 is 1.83 bits per heavy atom. The molecule has 12 heavy (non-hydrogen) atoms. The van der Waals surface area contributed by atoms with Crippen molar-refractivity contribution in [3.05, 3.63) is 33.2 Å². The van der Waals surface area contributed by atoms with Gasteiger partial charge in [0, 0.05) is 18.2 Å². The summed E-state index contributed by atoms with van der Waals surface area (Å²) in [6.07, 6.45) is -0.408. The van der Waals surface area contributed by atoms with Gasteiger partial charge in [0.2, 0.25) is 0 Å². The molecule has 1 aliphatic rings. The molecule has 5 heteroatoms. The van der Waals surface area contributed by atoms with Crippen molar-refractivity contribution in [1.29, 1.82) is 0 Å². The average molecular weight is 172 g/mol. The molecule has 1 atom stereocenters. The van der Waals surface area contributed by atoms with Gasteiger partial charge in [0.15, 0.2) is 6.17 Å². The second-order valence-electron chi connectivity index (χ2n) is 2.73. The third-order valence-corrected chi connectivity index (χ3v) is 1.81. The number of nitro groups is 1. The van der Waals surface area contributed by atoms with Crippen molar-refractivity contribution in [2.24, 2.45) is 5.73 Å². The van der Waals surface area contributed by atoms with Crippen molar-refractivity contribution in [3.8, 4) is 0 Å². The summed E-state index contributed by atoms with van der Waals surface area (Å²) in [5.74, 6) is 0. The predicted molar refractivity (Wildman–Crippen MR) is 41.5 cm³/mol. The molecule has 0 amide bonds. The van der Waals surface area contributed by atoms with Gasteiger partial charge in [-0.15, -0.1) is 0 Å². The van der Waals surface area contributed by atoms with E-state index in [4.69, 9.17) is 5.73 Å². The van der Waals surface area contributed by atoms with Crippen LogP contribution >= 0.6 is 0 Å². The first kappa shape index (κ1) is 8.70. The summed E-state index contributed by atoms with van der Waals surface area (Å²) in [5, 5.41) is 10.2. The maximum absolute atomic E-state index is 12.9. The second-order valence-corrected chi connectivity index (χ2v) is 2.73. The fourth-order valence-electron chi connectivity index (χ4n) is 1.03. The van der Waals surface area contributed by atoms with Gasteiger partial charge in [0.25, 0.3) is 5.70 Å². The van der Waals surface area contributed by atoms with E-state index in [1.54, 1.807) is 6.92 Å². The maximum Gasteiger partial charge on any atom is 0.282 e. The number of halogens is 1. The molecule has 0 heterocycles. The molecule has 0 radical (unpaired) electrons. The number of alkyl halides is 1. The minimum atomic E-state index is -1.52. The molecule has 4 nitrogen and oxygen atoms in total. The lowest BCUT2D eigenvalue weighted by Gasteiger charge is -2.12. The van der Waals surface area contributed by atoms with Crippen LogP contribution in [0.1, 0.15) is 13.3 Å². The van der Waals surface area contributed by atoms with E-state index in [0.717, 1.165) is 6.08 Å². The maximum atomic E-state index is 12.9. The molecular formula is C7H9FN2O2. The summed E-state index contributed by atoms with van der Waals surface area (Å²) < 4.78 is 12.9. The number of nitrogens with two attached hydrogens (primary N) is 1. The molecule has 0 saturated carbocycles. The standard InChI is InChI=1S/C7H9FN2O2/c1-4-2-5(8)7(10(11)12)3-6(4)9/h3,5H,2,9H2,1H3. The first-order chi connectivity index (χ1) is 5.52. The molecule has 0 aromatic rings. The third-order valence-electron chi connectivity index (χ3n) is 1.81. The Balaban J connectivity index is 3.01. The van der Waals surface area contributed by atoms with E-state index in [1.165, 1.54) is 0 Å². The van der Waals surface area contributed by atoms with Gasteiger partial charge in [-0.05, 0) is 12.5 Å². The van der Waals surface area contributed by atoms with Gasteiger partial charge in [-0.25, -0.2) is 4.39 Å². The van der Waals surface area contributed by atoms with Crippen LogP contribution in [-0.2, 0) is 0 Å². The Labute approximate surface area is 68.7 Å².